The molecule has 1 fully saturated rings. The summed E-state index contributed by atoms with van der Waals surface area (Å²) in [5, 5.41) is 11.5. The Kier molecular flexibility index (Phi) is 5.05. The van der Waals surface area contributed by atoms with Gasteiger partial charge in [0, 0.05) is 41.3 Å². The number of aliphatic hydroxyl groups excluding tert-OH is 1. The number of nitrogens with zero attached hydrogens (tertiary/aromatic N) is 2. The summed E-state index contributed by atoms with van der Waals surface area (Å²) in [5.74, 6) is 0.297. The number of hydrogen-bond acceptors (Lipinski definition) is 3. The van der Waals surface area contributed by atoms with Crippen LogP contribution < -0.4 is 0 Å². The van der Waals surface area contributed by atoms with Crippen molar-refractivity contribution in [1.29, 1.82) is 0 Å². The number of aromatic amines is 1. The second-order valence-electron chi connectivity index (χ2n) is 8.45. The van der Waals surface area contributed by atoms with Crippen LogP contribution in [0.4, 0.5) is 4.39 Å². The highest BCUT2D eigenvalue weighted by atomic mass is 19.1. The highest BCUT2D eigenvalue weighted by Crippen LogP contribution is 2.31. The molecule has 0 spiro atoms. The number of H-pyrrole nitrogens is 1. The molecule has 5 nitrogen and oxygen atoms in total. The number of piperidine rings is 1. The Morgan fingerprint density at radius 3 is 2.70 bits per heavy atom. The van der Waals surface area contributed by atoms with E-state index in [1.54, 1.807) is 23.1 Å². The number of nitrogens with one attached hydrogen (secondary N) is 1. The molecular weight excluding hydrogens is 381 g/mol. The molecule has 1 unspecified atom stereocenters. The van der Waals surface area contributed by atoms with E-state index in [0.717, 1.165) is 49.8 Å². The van der Waals surface area contributed by atoms with Gasteiger partial charge in [0.1, 0.15) is 5.82 Å². The molecule has 0 saturated carbocycles. The molecule has 1 aromatic heterocycles. The van der Waals surface area contributed by atoms with Gasteiger partial charge in [-0.25, -0.2) is 4.39 Å². The zero-order valence-electron chi connectivity index (χ0n) is 16.9. The number of benzene rings is 2. The van der Waals surface area contributed by atoms with Gasteiger partial charge in [-0.3, -0.25) is 4.79 Å². The first-order valence-corrected chi connectivity index (χ1v) is 10.7. The summed E-state index contributed by atoms with van der Waals surface area (Å²) in [7, 11) is 0. The number of carbonyl (C=O) groups excluding carboxylic acids is 1. The van der Waals surface area contributed by atoms with Crippen molar-refractivity contribution in [2.75, 3.05) is 26.2 Å². The van der Waals surface area contributed by atoms with Crippen molar-refractivity contribution in [3.8, 4) is 0 Å². The van der Waals surface area contributed by atoms with E-state index in [4.69, 9.17) is 0 Å². The summed E-state index contributed by atoms with van der Waals surface area (Å²) < 4.78 is 13.6. The van der Waals surface area contributed by atoms with Gasteiger partial charge in [-0.15, -0.1) is 0 Å². The minimum Gasteiger partial charge on any atom is -0.369 e. The van der Waals surface area contributed by atoms with Crippen molar-refractivity contribution in [2.45, 2.75) is 25.5 Å². The minimum atomic E-state index is -0.839. The van der Waals surface area contributed by atoms with E-state index in [1.165, 1.54) is 11.6 Å². The molecule has 3 heterocycles. The molecule has 5 rings (SSSR count). The van der Waals surface area contributed by atoms with Crippen LogP contribution in [0.2, 0.25) is 0 Å². The van der Waals surface area contributed by atoms with Crippen molar-refractivity contribution in [3.63, 3.8) is 0 Å². The van der Waals surface area contributed by atoms with Gasteiger partial charge in [0.15, 0.2) is 6.23 Å². The first kappa shape index (κ1) is 19.3. The lowest BCUT2D eigenvalue weighted by Gasteiger charge is -2.33. The lowest BCUT2D eigenvalue weighted by molar-refractivity contribution is 0.0121. The smallest absolute Gasteiger partial charge is 0.256 e. The largest absolute Gasteiger partial charge is 0.369 e. The topological polar surface area (TPSA) is 59.6 Å². The van der Waals surface area contributed by atoms with Crippen LogP contribution in [0.1, 0.15) is 40.6 Å². The average Bonchev–Trinajstić information content (AvgIpc) is 3.26. The number of aromatic nitrogens is 1. The molecule has 2 aromatic carbocycles. The predicted octanol–water partition coefficient (Wildman–Crippen LogP) is 3.71. The molecule has 1 saturated heterocycles. The van der Waals surface area contributed by atoms with E-state index in [9.17, 15) is 14.3 Å². The van der Waals surface area contributed by atoms with Gasteiger partial charge < -0.3 is 19.9 Å². The molecule has 156 valence electrons. The van der Waals surface area contributed by atoms with Gasteiger partial charge in [0.05, 0.1) is 0 Å². The Hall–Kier alpha value is -2.70. The van der Waals surface area contributed by atoms with Gasteiger partial charge in [-0.05, 0) is 68.1 Å². The molecular formula is C24H26FN3O2. The predicted molar refractivity (Wildman–Crippen MR) is 114 cm³/mol. The second-order valence-corrected chi connectivity index (χ2v) is 8.45. The normalized spacial score (nSPS) is 20.3. The SMILES string of the molecule is O=C1c2ccccc2C(O)N1CCN1CCC(Cc2c[nH]c3ccc(F)cc23)CC1. The number of halogens is 1. The number of likely N-dealkylation sites (tertiary alicyclic amines) is 1. The van der Waals surface area contributed by atoms with E-state index in [2.05, 4.69) is 9.88 Å². The van der Waals surface area contributed by atoms with E-state index >= 15 is 0 Å². The molecule has 2 aliphatic rings. The third-order valence-electron chi connectivity index (χ3n) is 6.63. The molecule has 0 bridgehead atoms. The van der Waals surface area contributed by atoms with Crippen molar-refractivity contribution < 1.29 is 14.3 Å². The Morgan fingerprint density at radius 1 is 1.10 bits per heavy atom. The molecule has 2 N–H and O–H groups in total. The molecule has 1 amide bonds. The second kappa shape index (κ2) is 7.85. The molecule has 3 aromatic rings. The van der Waals surface area contributed by atoms with Crippen molar-refractivity contribution in [2.24, 2.45) is 5.92 Å². The Morgan fingerprint density at radius 2 is 1.90 bits per heavy atom. The quantitative estimate of drug-likeness (QED) is 0.678. The van der Waals surface area contributed by atoms with Gasteiger partial charge in [-0.1, -0.05) is 18.2 Å². The van der Waals surface area contributed by atoms with Crippen LogP contribution >= 0.6 is 0 Å². The van der Waals surface area contributed by atoms with Gasteiger partial charge in [0.2, 0.25) is 0 Å². The molecule has 1 atom stereocenters. The van der Waals surface area contributed by atoms with Gasteiger partial charge in [-0.2, -0.15) is 0 Å². The van der Waals surface area contributed by atoms with E-state index in [1.807, 2.05) is 24.4 Å². The van der Waals surface area contributed by atoms with Crippen LogP contribution in [-0.4, -0.2) is 52.0 Å². The fourth-order valence-corrected chi connectivity index (χ4v) is 4.87. The van der Waals surface area contributed by atoms with Crippen molar-refractivity contribution >= 4 is 16.8 Å². The molecule has 0 radical (unpaired) electrons. The summed E-state index contributed by atoms with van der Waals surface area (Å²) in [4.78, 5) is 19.7. The average molecular weight is 407 g/mol. The van der Waals surface area contributed by atoms with Gasteiger partial charge in [0.25, 0.3) is 5.91 Å². The van der Waals surface area contributed by atoms with E-state index < -0.39 is 6.23 Å². The number of hydrogen-bond donors (Lipinski definition) is 2. The summed E-state index contributed by atoms with van der Waals surface area (Å²) in [5.41, 5.74) is 3.49. The Bertz CT molecular complexity index is 1070. The van der Waals surface area contributed by atoms with Crippen LogP contribution in [0.3, 0.4) is 0 Å². The maximum atomic E-state index is 13.6. The summed E-state index contributed by atoms with van der Waals surface area (Å²) in [6, 6.07) is 12.2. The summed E-state index contributed by atoms with van der Waals surface area (Å²) >= 11 is 0. The summed E-state index contributed by atoms with van der Waals surface area (Å²) in [6.07, 6.45) is 4.29. The third kappa shape index (κ3) is 3.50. The first-order chi connectivity index (χ1) is 14.6. The van der Waals surface area contributed by atoms with Crippen LogP contribution in [-0.2, 0) is 6.42 Å². The maximum absolute atomic E-state index is 13.6. The highest BCUT2D eigenvalue weighted by molar-refractivity contribution is 5.98. The lowest BCUT2D eigenvalue weighted by atomic mass is 9.90. The van der Waals surface area contributed by atoms with Crippen LogP contribution in [0.15, 0.2) is 48.7 Å². The fraction of sp³-hybridized carbons (Fsp3) is 0.375. The zero-order valence-corrected chi connectivity index (χ0v) is 16.9. The minimum absolute atomic E-state index is 0.0837. The number of fused-ring (bicyclic) bond motifs is 2. The van der Waals surface area contributed by atoms with E-state index in [0.29, 0.717) is 23.6 Å². The van der Waals surface area contributed by atoms with Crippen LogP contribution in [0, 0.1) is 11.7 Å². The van der Waals surface area contributed by atoms with Crippen molar-refractivity contribution in [1.82, 2.24) is 14.8 Å². The molecule has 0 aliphatic carbocycles. The highest BCUT2D eigenvalue weighted by Gasteiger charge is 2.35. The number of carbonyl (C=O) groups is 1. The molecule has 6 heteroatoms. The number of rotatable bonds is 5. The van der Waals surface area contributed by atoms with Crippen LogP contribution in [0.5, 0.6) is 0 Å². The zero-order chi connectivity index (χ0) is 20.7. The summed E-state index contributed by atoms with van der Waals surface area (Å²) in [6.45, 7) is 3.25. The Balaban J connectivity index is 1.14. The fourth-order valence-electron chi connectivity index (χ4n) is 4.87. The Labute approximate surface area is 175 Å². The van der Waals surface area contributed by atoms with Crippen LogP contribution in [0.25, 0.3) is 10.9 Å². The molecule has 2 aliphatic heterocycles. The standard InChI is InChI=1S/C24H26FN3O2/c25-18-5-6-22-21(14-18)17(15-26-22)13-16-7-9-27(10-8-16)11-12-28-23(29)19-3-1-2-4-20(19)24(28)30/h1-6,14-16,23,26,29H,7-13H2. The van der Waals surface area contributed by atoms with Gasteiger partial charge >= 0.3 is 0 Å². The number of amides is 1. The maximum Gasteiger partial charge on any atom is 0.256 e. The first-order valence-electron chi connectivity index (χ1n) is 10.7. The molecule has 30 heavy (non-hydrogen) atoms. The lowest BCUT2D eigenvalue weighted by Crippen LogP contribution is -2.41. The number of aliphatic hydroxyl groups is 1. The monoisotopic (exact) mass is 407 g/mol. The third-order valence-corrected chi connectivity index (χ3v) is 6.63. The van der Waals surface area contributed by atoms with Crippen molar-refractivity contribution in [3.05, 3.63) is 71.2 Å². The van der Waals surface area contributed by atoms with E-state index in [-0.39, 0.29) is 11.7 Å².